The second-order valence-corrected chi connectivity index (χ2v) is 5.82. The van der Waals surface area contributed by atoms with Crippen molar-refractivity contribution in [3.8, 4) is 5.75 Å². The summed E-state index contributed by atoms with van der Waals surface area (Å²) in [6, 6.07) is 4.89. The molecule has 0 saturated heterocycles. The number of fused-ring (bicyclic) bond motifs is 1. The Labute approximate surface area is 121 Å². The van der Waals surface area contributed by atoms with Crippen molar-refractivity contribution in [2.45, 2.75) is 25.4 Å². The van der Waals surface area contributed by atoms with Crippen LogP contribution in [0.15, 0.2) is 18.2 Å². The third-order valence-electron chi connectivity index (χ3n) is 3.62. The van der Waals surface area contributed by atoms with Crippen LogP contribution in [0, 0.1) is 5.92 Å². The molecule has 1 saturated carbocycles. The molecule has 3 rings (SSSR count). The van der Waals surface area contributed by atoms with Gasteiger partial charge in [0.25, 0.3) is 17.4 Å². The zero-order valence-corrected chi connectivity index (χ0v) is 11.8. The van der Waals surface area contributed by atoms with E-state index in [0.717, 1.165) is 12.8 Å². The predicted octanol–water partition coefficient (Wildman–Crippen LogP) is 1.96. The van der Waals surface area contributed by atoms with Gasteiger partial charge in [-0.15, -0.1) is 0 Å². The first-order valence-electron chi connectivity index (χ1n) is 6.57. The highest BCUT2D eigenvalue weighted by atomic mass is 35.5. The Balaban J connectivity index is 1.80. The standard InChI is InChI=1S/C14H15ClN2O3/c1-14(12(18)16-7-8-2-3-8)13(19)17-10-6-9(15)4-5-11(10)20-14/h4-6,8H,2-3,7H2,1H3,(H,16,18)(H,17,19). The van der Waals surface area contributed by atoms with E-state index in [0.29, 0.717) is 28.9 Å². The van der Waals surface area contributed by atoms with Gasteiger partial charge in [0.05, 0.1) is 5.69 Å². The van der Waals surface area contributed by atoms with Crippen molar-refractivity contribution >= 4 is 29.1 Å². The average Bonchev–Trinajstić information content (AvgIpc) is 3.22. The summed E-state index contributed by atoms with van der Waals surface area (Å²) in [6.07, 6.45) is 2.26. The van der Waals surface area contributed by atoms with E-state index in [1.54, 1.807) is 18.2 Å². The fourth-order valence-electron chi connectivity index (χ4n) is 2.07. The number of ether oxygens (including phenoxy) is 1. The summed E-state index contributed by atoms with van der Waals surface area (Å²) in [5.74, 6) is 0.0847. The molecule has 1 heterocycles. The van der Waals surface area contributed by atoms with Crippen LogP contribution in [0.3, 0.4) is 0 Å². The minimum atomic E-state index is -1.55. The first kappa shape index (κ1) is 13.2. The minimum absolute atomic E-state index is 0.414. The topological polar surface area (TPSA) is 67.4 Å². The third kappa shape index (κ3) is 2.33. The number of hydrogen-bond donors (Lipinski definition) is 2. The lowest BCUT2D eigenvalue weighted by molar-refractivity contribution is -0.146. The third-order valence-corrected chi connectivity index (χ3v) is 3.85. The summed E-state index contributed by atoms with van der Waals surface area (Å²) >= 11 is 5.86. The Morgan fingerprint density at radius 3 is 3.00 bits per heavy atom. The first-order chi connectivity index (χ1) is 9.49. The molecule has 106 valence electrons. The highest BCUT2D eigenvalue weighted by Gasteiger charge is 2.47. The van der Waals surface area contributed by atoms with Gasteiger partial charge in [-0.3, -0.25) is 9.59 Å². The molecule has 0 aromatic heterocycles. The van der Waals surface area contributed by atoms with Crippen LogP contribution in [0.2, 0.25) is 5.02 Å². The molecule has 2 aliphatic rings. The summed E-state index contributed by atoms with van der Waals surface area (Å²) < 4.78 is 5.62. The predicted molar refractivity (Wildman–Crippen MR) is 74.8 cm³/mol. The minimum Gasteiger partial charge on any atom is -0.466 e. The molecule has 1 fully saturated rings. The van der Waals surface area contributed by atoms with E-state index >= 15 is 0 Å². The number of halogens is 1. The normalized spacial score (nSPS) is 24.4. The summed E-state index contributed by atoms with van der Waals surface area (Å²) in [5, 5.41) is 5.94. The smallest absolute Gasteiger partial charge is 0.278 e. The lowest BCUT2D eigenvalue weighted by Gasteiger charge is -2.33. The largest absolute Gasteiger partial charge is 0.466 e. The molecule has 0 radical (unpaired) electrons. The lowest BCUT2D eigenvalue weighted by atomic mass is 10.0. The van der Waals surface area contributed by atoms with E-state index in [4.69, 9.17) is 16.3 Å². The van der Waals surface area contributed by atoms with Gasteiger partial charge in [0.15, 0.2) is 0 Å². The molecule has 1 unspecified atom stereocenters. The average molecular weight is 295 g/mol. The fourth-order valence-corrected chi connectivity index (χ4v) is 2.25. The molecule has 1 atom stereocenters. The second kappa shape index (κ2) is 4.66. The zero-order chi connectivity index (χ0) is 14.3. The van der Waals surface area contributed by atoms with E-state index in [2.05, 4.69) is 10.6 Å². The van der Waals surface area contributed by atoms with Crippen molar-refractivity contribution in [1.82, 2.24) is 5.32 Å². The van der Waals surface area contributed by atoms with Crippen LogP contribution in [0.5, 0.6) is 5.75 Å². The Morgan fingerprint density at radius 1 is 1.55 bits per heavy atom. The van der Waals surface area contributed by atoms with Crippen LogP contribution < -0.4 is 15.4 Å². The summed E-state index contributed by atoms with van der Waals surface area (Å²) in [6.45, 7) is 2.07. The van der Waals surface area contributed by atoms with E-state index in [9.17, 15) is 9.59 Å². The van der Waals surface area contributed by atoms with Crippen LogP contribution in [0.4, 0.5) is 5.69 Å². The molecule has 2 amide bonds. The summed E-state index contributed by atoms with van der Waals surface area (Å²) in [7, 11) is 0. The highest BCUT2D eigenvalue weighted by molar-refractivity contribution is 6.31. The zero-order valence-electron chi connectivity index (χ0n) is 11.0. The molecule has 6 heteroatoms. The molecular weight excluding hydrogens is 280 g/mol. The first-order valence-corrected chi connectivity index (χ1v) is 6.95. The number of benzene rings is 1. The molecule has 2 N–H and O–H groups in total. The second-order valence-electron chi connectivity index (χ2n) is 5.38. The molecule has 0 spiro atoms. The van der Waals surface area contributed by atoms with Gasteiger partial charge in [0.2, 0.25) is 0 Å². The van der Waals surface area contributed by atoms with Gasteiger partial charge >= 0.3 is 0 Å². The molecule has 20 heavy (non-hydrogen) atoms. The lowest BCUT2D eigenvalue weighted by Crippen LogP contribution is -2.58. The quantitative estimate of drug-likeness (QED) is 0.837. The Bertz CT molecular complexity index is 586. The van der Waals surface area contributed by atoms with Gasteiger partial charge in [-0.25, -0.2) is 0 Å². The maximum absolute atomic E-state index is 12.2. The number of rotatable bonds is 3. The Hall–Kier alpha value is -1.75. The van der Waals surface area contributed by atoms with Crippen LogP contribution in [-0.4, -0.2) is 24.0 Å². The summed E-state index contributed by atoms with van der Waals surface area (Å²) in [5.41, 5.74) is -1.06. The fraction of sp³-hybridized carbons (Fsp3) is 0.429. The number of carbonyl (C=O) groups is 2. The number of nitrogens with one attached hydrogen (secondary N) is 2. The number of hydrogen-bond acceptors (Lipinski definition) is 3. The van der Waals surface area contributed by atoms with Crippen molar-refractivity contribution in [3.05, 3.63) is 23.2 Å². The molecule has 1 aromatic rings. The van der Waals surface area contributed by atoms with Gasteiger partial charge < -0.3 is 15.4 Å². The number of carbonyl (C=O) groups excluding carboxylic acids is 2. The number of amides is 2. The van der Waals surface area contributed by atoms with Gasteiger partial charge in [-0.05, 0) is 43.9 Å². The molecule has 1 aromatic carbocycles. The van der Waals surface area contributed by atoms with Crippen molar-refractivity contribution in [2.75, 3.05) is 11.9 Å². The van der Waals surface area contributed by atoms with Gasteiger partial charge in [0.1, 0.15) is 5.75 Å². The van der Waals surface area contributed by atoms with Crippen LogP contribution in [0.25, 0.3) is 0 Å². The highest BCUT2D eigenvalue weighted by Crippen LogP contribution is 2.35. The van der Waals surface area contributed by atoms with Crippen molar-refractivity contribution in [1.29, 1.82) is 0 Å². The van der Waals surface area contributed by atoms with Crippen molar-refractivity contribution < 1.29 is 14.3 Å². The van der Waals surface area contributed by atoms with Gasteiger partial charge in [-0.1, -0.05) is 11.6 Å². The van der Waals surface area contributed by atoms with E-state index in [1.165, 1.54) is 6.92 Å². The molecule has 5 nitrogen and oxygen atoms in total. The van der Waals surface area contributed by atoms with Gasteiger partial charge in [-0.2, -0.15) is 0 Å². The maximum Gasteiger partial charge on any atom is 0.278 e. The molecule has 1 aliphatic heterocycles. The van der Waals surface area contributed by atoms with Crippen molar-refractivity contribution in [3.63, 3.8) is 0 Å². The number of anilines is 1. The van der Waals surface area contributed by atoms with Crippen LogP contribution in [0.1, 0.15) is 19.8 Å². The summed E-state index contributed by atoms with van der Waals surface area (Å²) in [4.78, 5) is 24.4. The van der Waals surface area contributed by atoms with Crippen molar-refractivity contribution in [2.24, 2.45) is 5.92 Å². The molecule has 0 bridgehead atoms. The van der Waals surface area contributed by atoms with E-state index < -0.39 is 17.4 Å². The van der Waals surface area contributed by atoms with Crippen LogP contribution in [-0.2, 0) is 9.59 Å². The Morgan fingerprint density at radius 2 is 2.30 bits per heavy atom. The Kier molecular flexibility index (Phi) is 3.09. The maximum atomic E-state index is 12.2. The molecular formula is C14H15ClN2O3. The van der Waals surface area contributed by atoms with Gasteiger partial charge in [0, 0.05) is 11.6 Å². The van der Waals surface area contributed by atoms with E-state index in [-0.39, 0.29) is 0 Å². The van der Waals surface area contributed by atoms with Crippen LogP contribution >= 0.6 is 11.6 Å². The van der Waals surface area contributed by atoms with E-state index in [1.807, 2.05) is 0 Å². The monoisotopic (exact) mass is 294 g/mol. The molecule has 1 aliphatic carbocycles. The SMILES string of the molecule is CC1(C(=O)NCC2CC2)Oc2ccc(Cl)cc2NC1=O.